The largest absolute Gasteiger partial charge is 0.369 e. The number of aryl methyl sites for hydroxylation is 1. The fraction of sp³-hybridized carbons (Fsp3) is 0.417. The maximum absolute atomic E-state index is 12.5. The van der Waals surface area contributed by atoms with Crippen molar-refractivity contribution in [3.8, 4) is 0 Å². The third-order valence-corrected chi connectivity index (χ3v) is 6.56. The Hall–Kier alpha value is -3.30. The maximum Gasteiger partial charge on any atom is 0.269 e. The Balaban J connectivity index is 1.21. The summed E-state index contributed by atoms with van der Waals surface area (Å²) in [5.74, 6) is 0.430. The number of hydrogen-bond acceptors (Lipinski definition) is 7. The Morgan fingerprint density at radius 2 is 2.00 bits per heavy atom. The third kappa shape index (κ3) is 4.34. The lowest BCUT2D eigenvalue weighted by atomic mass is 10.1. The first-order chi connectivity index (χ1) is 16.0. The standard InChI is InChI=1S/C24H28N6O3/c1-15-3-5-19-18(11-15)23(31)28-22(27-19)21-12-17(14-33-21)30-9-7-29(8-10-30)16-4-6-20(26-13-16)24(32)25-2/h3-6,11,13,17,21H,7-10,12,14H2,1-2H3,(H,25,32)(H,27,28,31)/t17-,21-/m1/s1. The number of pyridine rings is 1. The van der Waals surface area contributed by atoms with Crippen LogP contribution in [-0.4, -0.2) is 71.6 Å². The van der Waals surface area contributed by atoms with E-state index >= 15 is 0 Å². The first-order valence-electron chi connectivity index (χ1n) is 11.3. The van der Waals surface area contributed by atoms with Gasteiger partial charge in [0, 0.05) is 39.3 Å². The lowest BCUT2D eigenvalue weighted by Gasteiger charge is -2.38. The van der Waals surface area contributed by atoms with Gasteiger partial charge < -0.3 is 19.9 Å². The summed E-state index contributed by atoms with van der Waals surface area (Å²) >= 11 is 0. The molecule has 2 aliphatic rings. The van der Waals surface area contributed by atoms with Crippen LogP contribution in [0.15, 0.2) is 41.3 Å². The Kier molecular flexibility index (Phi) is 5.82. The lowest BCUT2D eigenvalue weighted by molar-refractivity contribution is 0.0905. The van der Waals surface area contributed by atoms with Crippen molar-refractivity contribution in [1.82, 2.24) is 25.2 Å². The number of carbonyl (C=O) groups excluding carboxylic acids is 1. The first kappa shape index (κ1) is 21.5. The number of H-pyrrole nitrogens is 1. The van der Waals surface area contributed by atoms with Crippen LogP contribution in [0.2, 0.25) is 0 Å². The molecule has 9 heteroatoms. The van der Waals surface area contributed by atoms with Crippen molar-refractivity contribution in [1.29, 1.82) is 0 Å². The molecule has 0 saturated carbocycles. The van der Waals surface area contributed by atoms with Gasteiger partial charge in [0.1, 0.15) is 17.6 Å². The van der Waals surface area contributed by atoms with Crippen LogP contribution in [0.1, 0.15) is 34.4 Å². The van der Waals surface area contributed by atoms with Crippen molar-refractivity contribution in [2.24, 2.45) is 0 Å². The maximum atomic E-state index is 12.5. The summed E-state index contributed by atoms with van der Waals surface area (Å²) in [5.41, 5.74) is 3.07. The zero-order valence-corrected chi connectivity index (χ0v) is 18.9. The molecule has 2 atom stereocenters. The average Bonchev–Trinajstić information content (AvgIpc) is 3.34. The number of benzene rings is 1. The van der Waals surface area contributed by atoms with Crippen LogP contribution in [0, 0.1) is 6.92 Å². The smallest absolute Gasteiger partial charge is 0.269 e. The van der Waals surface area contributed by atoms with E-state index in [9.17, 15) is 9.59 Å². The lowest BCUT2D eigenvalue weighted by Crippen LogP contribution is -2.50. The quantitative estimate of drug-likeness (QED) is 0.625. The zero-order valence-electron chi connectivity index (χ0n) is 18.9. The Morgan fingerprint density at radius 1 is 1.18 bits per heavy atom. The van der Waals surface area contributed by atoms with Crippen molar-refractivity contribution >= 4 is 22.5 Å². The van der Waals surface area contributed by atoms with Crippen LogP contribution in [0.3, 0.4) is 0 Å². The number of carbonyl (C=O) groups is 1. The van der Waals surface area contributed by atoms with Crippen molar-refractivity contribution < 1.29 is 9.53 Å². The van der Waals surface area contributed by atoms with E-state index in [-0.39, 0.29) is 17.6 Å². The number of anilines is 1. The number of piperazine rings is 1. The van der Waals surface area contributed by atoms with Gasteiger partial charge in [0.25, 0.3) is 11.5 Å². The van der Waals surface area contributed by atoms with Gasteiger partial charge in [-0.05, 0) is 37.6 Å². The van der Waals surface area contributed by atoms with Gasteiger partial charge in [-0.3, -0.25) is 14.5 Å². The number of nitrogens with zero attached hydrogens (tertiary/aromatic N) is 4. The fourth-order valence-corrected chi connectivity index (χ4v) is 4.66. The minimum absolute atomic E-state index is 0.115. The predicted molar refractivity (Wildman–Crippen MR) is 126 cm³/mol. The van der Waals surface area contributed by atoms with E-state index in [1.165, 1.54) is 0 Å². The molecule has 2 fully saturated rings. The van der Waals surface area contributed by atoms with Gasteiger partial charge in [0.2, 0.25) is 0 Å². The average molecular weight is 449 g/mol. The first-order valence-corrected chi connectivity index (χ1v) is 11.3. The number of ether oxygens (including phenoxy) is 1. The SMILES string of the molecule is CNC(=O)c1ccc(N2CCN([C@H]3CO[C@@H](c4nc5ccc(C)cc5c(=O)[nH]4)C3)CC2)cn1. The van der Waals surface area contributed by atoms with E-state index in [0.29, 0.717) is 35.1 Å². The Labute approximate surface area is 191 Å². The molecule has 2 N–H and O–H groups in total. The van der Waals surface area contributed by atoms with Crippen LogP contribution in [-0.2, 0) is 4.74 Å². The summed E-state index contributed by atoms with van der Waals surface area (Å²) in [4.78, 5) is 40.8. The summed E-state index contributed by atoms with van der Waals surface area (Å²) in [6.07, 6.45) is 2.37. The van der Waals surface area contributed by atoms with Crippen LogP contribution < -0.4 is 15.8 Å². The highest BCUT2D eigenvalue weighted by atomic mass is 16.5. The second kappa shape index (κ2) is 8.92. The van der Waals surface area contributed by atoms with Gasteiger partial charge in [-0.2, -0.15) is 0 Å². The van der Waals surface area contributed by atoms with Crippen LogP contribution >= 0.6 is 0 Å². The molecule has 4 heterocycles. The van der Waals surface area contributed by atoms with Crippen LogP contribution in [0.25, 0.3) is 10.9 Å². The topological polar surface area (TPSA) is 103 Å². The molecule has 0 aliphatic carbocycles. The summed E-state index contributed by atoms with van der Waals surface area (Å²) in [6, 6.07) is 9.73. The normalized spacial score (nSPS) is 21.5. The van der Waals surface area contributed by atoms with Crippen LogP contribution in [0.5, 0.6) is 0 Å². The van der Waals surface area contributed by atoms with Gasteiger partial charge in [0.05, 0.1) is 29.4 Å². The number of hydrogen-bond donors (Lipinski definition) is 2. The highest BCUT2D eigenvalue weighted by molar-refractivity contribution is 5.92. The van der Waals surface area contributed by atoms with E-state index in [1.807, 2.05) is 31.2 Å². The molecular formula is C24H28N6O3. The van der Waals surface area contributed by atoms with E-state index in [2.05, 4.69) is 30.1 Å². The molecule has 1 aromatic carbocycles. The van der Waals surface area contributed by atoms with Crippen molar-refractivity contribution in [2.75, 3.05) is 44.7 Å². The molecule has 3 aromatic rings. The second-order valence-corrected chi connectivity index (χ2v) is 8.69. The minimum Gasteiger partial charge on any atom is -0.369 e. The Morgan fingerprint density at radius 3 is 2.73 bits per heavy atom. The molecule has 0 bridgehead atoms. The van der Waals surface area contributed by atoms with Crippen LogP contribution in [0.4, 0.5) is 5.69 Å². The van der Waals surface area contributed by atoms with Gasteiger partial charge >= 0.3 is 0 Å². The third-order valence-electron chi connectivity index (χ3n) is 6.56. The molecule has 0 spiro atoms. The monoisotopic (exact) mass is 448 g/mol. The molecular weight excluding hydrogens is 420 g/mol. The molecule has 33 heavy (non-hydrogen) atoms. The molecule has 0 unspecified atom stereocenters. The van der Waals surface area contributed by atoms with E-state index in [1.54, 1.807) is 19.3 Å². The number of aromatic nitrogens is 3. The summed E-state index contributed by atoms with van der Waals surface area (Å²) < 4.78 is 6.05. The molecule has 172 valence electrons. The molecule has 0 radical (unpaired) electrons. The van der Waals surface area contributed by atoms with Crippen molar-refractivity contribution in [3.05, 3.63) is 64.0 Å². The molecule has 1 amide bonds. The van der Waals surface area contributed by atoms with Gasteiger partial charge in [-0.15, -0.1) is 0 Å². The summed E-state index contributed by atoms with van der Waals surface area (Å²) in [7, 11) is 1.60. The number of amides is 1. The van der Waals surface area contributed by atoms with Gasteiger partial charge in [-0.1, -0.05) is 11.6 Å². The number of fused-ring (bicyclic) bond motifs is 1. The van der Waals surface area contributed by atoms with Gasteiger partial charge in [-0.25, -0.2) is 9.97 Å². The van der Waals surface area contributed by atoms with Gasteiger partial charge in [0.15, 0.2) is 0 Å². The van der Waals surface area contributed by atoms with E-state index in [4.69, 9.17) is 4.74 Å². The molecule has 2 aromatic heterocycles. The van der Waals surface area contributed by atoms with E-state index in [0.717, 1.165) is 43.9 Å². The van der Waals surface area contributed by atoms with E-state index < -0.39 is 0 Å². The molecule has 2 aliphatic heterocycles. The van der Waals surface area contributed by atoms with Crippen molar-refractivity contribution in [3.63, 3.8) is 0 Å². The molecule has 9 nitrogen and oxygen atoms in total. The predicted octanol–water partition coefficient (Wildman–Crippen LogP) is 1.64. The summed E-state index contributed by atoms with van der Waals surface area (Å²) in [5, 5.41) is 3.20. The number of nitrogens with one attached hydrogen (secondary N) is 2. The molecule has 2 saturated heterocycles. The number of rotatable bonds is 4. The number of aromatic amines is 1. The zero-order chi connectivity index (χ0) is 22.9. The molecule has 5 rings (SSSR count). The Bertz CT molecular complexity index is 1220. The highest BCUT2D eigenvalue weighted by Gasteiger charge is 2.34. The summed E-state index contributed by atoms with van der Waals surface area (Å²) in [6.45, 7) is 6.19. The fourth-order valence-electron chi connectivity index (χ4n) is 4.66. The highest BCUT2D eigenvalue weighted by Crippen LogP contribution is 2.30. The minimum atomic E-state index is -0.201. The second-order valence-electron chi connectivity index (χ2n) is 8.69. The van der Waals surface area contributed by atoms with Crippen molar-refractivity contribution in [2.45, 2.75) is 25.5 Å².